The van der Waals surface area contributed by atoms with Gasteiger partial charge in [0.05, 0.1) is 12.0 Å². The highest BCUT2D eigenvalue weighted by Crippen LogP contribution is 2.21. The molecule has 0 aliphatic rings. The van der Waals surface area contributed by atoms with E-state index in [1.54, 1.807) is 12.5 Å². The minimum atomic E-state index is -0.149. The van der Waals surface area contributed by atoms with Gasteiger partial charge in [-0.25, -0.2) is 5.43 Å². The molecule has 1 unspecified atom stereocenters. The molecule has 0 radical (unpaired) electrons. The number of hydrogen-bond acceptors (Lipinski definition) is 4. The largest absolute Gasteiger partial charge is 0.467 e. The summed E-state index contributed by atoms with van der Waals surface area (Å²) in [5.74, 6) is 6.36. The van der Waals surface area contributed by atoms with Crippen molar-refractivity contribution in [2.24, 2.45) is 5.84 Å². The van der Waals surface area contributed by atoms with Gasteiger partial charge in [0.1, 0.15) is 11.8 Å². The molecule has 0 saturated carbocycles. The second-order valence-corrected chi connectivity index (χ2v) is 3.59. The van der Waals surface area contributed by atoms with Crippen LogP contribution in [0.1, 0.15) is 30.8 Å². The molecule has 2 aromatic heterocycles. The number of furan rings is 1. The zero-order chi connectivity index (χ0) is 11.4. The Morgan fingerprint density at radius 2 is 2.44 bits per heavy atom. The maximum Gasteiger partial charge on any atom is 0.128 e. The van der Waals surface area contributed by atoms with Crippen LogP contribution < -0.4 is 11.3 Å². The monoisotopic (exact) mass is 220 g/mol. The minimum absolute atomic E-state index is 0.149. The Hall–Kier alpha value is -1.59. The first-order valence-electron chi connectivity index (χ1n) is 5.38. The van der Waals surface area contributed by atoms with Gasteiger partial charge in [-0.05, 0) is 24.6 Å². The highest BCUT2D eigenvalue weighted by Gasteiger charge is 2.18. The summed E-state index contributed by atoms with van der Waals surface area (Å²) < 4.78 is 7.30. The van der Waals surface area contributed by atoms with E-state index in [-0.39, 0.29) is 6.04 Å². The molecule has 0 amide bonds. The van der Waals surface area contributed by atoms with Gasteiger partial charge in [0.2, 0.25) is 0 Å². The van der Waals surface area contributed by atoms with Crippen LogP contribution in [-0.4, -0.2) is 9.78 Å². The molecule has 0 aliphatic heterocycles. The highest BCUT2D eigenvalue weighted by molar-refractivity contribution is 5.19. The molecule has 5 nitrogen and oxygen atoms in total. The standard InChI is InChI=1S/C11H16N4O/c1-2-7-15-9(5-6-13-15)11(14-12)10-4-3-8-16-10/h3-6,8,11,14H,2,7,12H2,1H3. The van der Waals surface area contributed by atoms with E-state index >= 15 is 0 Å². The summed E-state index contributed by atoms with van der Waals surface area (Å²) >= 11 is 0. The van der Waals surface area contributed by atoms with E-state index in [1.807, 2.05) is 22.9 Å². The van der Waals surface area contributed by atoms with Gasteiger partial charge in [-0.1, -0.05) is 6.92 Å². The Morgan fingerprint density at radius 1 is 1.56 bits per heavy atom. The van der Waals surface area contributed by atoms with Crippen molar-refractivity contribution in [2.75, 3.05) is 0 Å². The maximum atomic E-state index is 5.57. The van der Waals surface area contributed by atoms with Gasteiger partial charge in [0.15, 0.2) is 0 Å². The first-order chi connectivity index (χ1) is 7.86. The third-order valence-corrected chi connectivity index (χ3v) is 2.47. The van der Waals surface area contributed by atoms with E-state index in [4.69, 9.17) is 10.3 Å². The summed E-state index contributed by atoms with van der Waals surface area (Å²) in [6.07, 6.45) is 4.45. The molecule has 1 atom stereocenters. The Balaban J connectivity index is 2.30. The zero-order valence-corrected chi connectivity index (χ0v) is 9.26. The fraction of sp³-hybridized carbons (Fsp3) is 0.364. The van der Waals surface area contributed by atoms with Gasteiger partial charge in [0, 0.05) is 12.7 Å². The van der Waals surface area contributed by atoms with E-state index in [9.17, 15) is 0 Å². The SMILES string of the molecule is CCCn1nccc1C(NN)c1ccco1. The number of nitrogens with one attached hydrogen (secondary N) is 1. The van der Waals surface area contributed by atoms with Crippen LogP contribution >= 0.6 is 0 Å². The van der Waals surface area contributed by atoms with Gasteiger partial charge >= 0.3 is 0 Å². The molecular formula is C11H16N4O. The summed E-state index contributed by atoms with van der Waals surface area (Å²) in [6.45, 7) is 2.99. The van der Waals surface area contributed by atoms with Gasteiger partial charge in [0.25, 0.3) is 0 Å². The molecule has 0 bridgehead atoms. The van der Waals surface area contributed by atoms with E-state index < -0.39 is 0 Å². The average molecular weight is 220 g/mol. The molecule has 2 rings (SSSR count). The third kappa shape index (κ3) is 2.00. The van der Waals surface area contributed by atoms with Crippen LogP contribution in [0.15, 0.2) is 35.1 Å². The van der Waals surface area contributed by atoms with Gasteiger partial charge in [-0.15, -0.1) is 0 Å². The van der Waals surface area contributed by atoms with Crippen LogP contribution in [0.2, 0.25) is 0 Å². The second-order valence-electron chi connectivity index (χ2n) is 3.59. The molecule has 86 valence electrons. The number of rotatable bonds is 5. The van der Waals surface area contributed by atoms with Crippen molar-refractivity contribution in [3.05, 3.63) is 42.1 Å². The number of nitrogens with zero attached hydrogens (tertiary/aromatic N) is 2. The third-order valence-electron chi connectivity index (χ3n) is 2.47. The van der Waals surface area contributed by atoms with Crippen LogP contribution in [0.5, 0.6) is 0 Å². The van der Waals surface area contributed by atoms with Crippen molar-refractivity contribution in [2.45, 2.75) is 25.9 Å². The molecule has 2 heterocycles. The quantitative estimate of drug-likeness (QED) is 0.591. The Labute approximate surface area is 94.2 Å². The highest BCUT2D eigenvalue weighted by atomic mass is 16.3. The molecule has 0 aromatic carbocycles. The smallest absolute Gasteiger partial charge is 0.128 e. The number of hydrazine groups is 1. The molecule has 5 heteroatoms. The predicted octanol–water partition coefficient (Wildman–Crippen LogP) is 1.44. The number of hydrogen-bond donors (Lipinski definition) is 2. The molecule has 3 N–H and O–H groups in total. The Kier molecular flexibility index (Phi) is 3.38. The molecule has 0 aliphatic carbocycles. The van der Waals surface area contributed by atoms with E-state index in [1.165, 1.54) is 0 Å². The van der Waals surface area contributed by atoms with Crippen LogP contribution in [-0.2, 0) is 6.54 Å². The van der Waals surface area contributed by atoms with Crippen molar-refractivity contribution in [1.82, 2.24) is 15.2 Å². The van der Waals surface area contributed by atoms with Crippen molar-refractivity contribution in [3.63, 3.8) is 0 Å². The molecule has 0 fully saturated rings. The van der Waals surface area contributed by atoms with E-state index in [0.29, 0.717) is 0 Å². The number of aryl methyl sites for hydroxylation is 1. The first-order valence-corrected chi connectivity index (χ1v) is 5.38. The summed E-state index contributed by atoms with van der Waals surface area (Å²) in [4.78, 5) is 0. The first kappa shape index (κ1) is 10.9. The number of aromatic nitrogens is 2. The fourth-order valence-electron chi connectivity index (χ4n) is 1.76. The topological polar surface area (TPSA) is 69.0 Å². The van der Waals surface area contributed by atoms with Crippen molar-refractivity contribution in [1.29, 1.82) is 0 Å². The normalized spacial score (nSPS) is 12.9. The van der Waals surface area contributed by atoms with Gasteiger partial charge in [-0.2, -0.15) is 5.10 Å². The van der Waals surface area contributed by atoms with Crippen LogP contribution in [0.3, 0.4) is 0 Å². The number of nitrogens with two attached hydrogens (primary N) is 1. The van der Waals surface area contributed by atoms with Crippen molar-refractivity contribution < 1.29 is 4.42 Å². The lowest BCUT2D eigenvalue weighted by molar-refractivity contribution is 0.428. The average Bonchev–Trinajstić information content (AvgIpc) is 2.92. The minimum Gasteiger partial charge on any atom is -0.467 e. The van der Waals surface area contributed by atoms with E-state index in [2.05, 4.69) is 17.4 Å². The van der Waals surface area contributed by atoms with Crippen LogP contribution in [0, 0.1) is 0 Å². The summed E-state index contributed by atoms with van der Waals surface area (Å²) in [5.41, 5.74) is 3.76. The molecular weight excluding hydrogens is 204 g/mol. The summed E-state index contributed by atoms with van der Waals surface area (Å²) in [6, 6.07) is 5.54. The molecule has 0 saturated heterocycles. The Morgan fingerprint density at radius 3 is 3.06 bits per heavy atom. The van der Waals surface area contributed by atoms with Crippen molar-refractivity contribution in [3.8, 4) is 0 Å². The predicted molar refractivity (Wildman–Crippen MR) is 60.4 cm³/mol. The maximum absolute atomic E-state index is 5.57. The summed E-state index contributed by atoms with van der Waals surface area (Å²) in [5, 5.41) is 4.26. The second kappa shape index (κ2) is 4.96. The lowest BCUT2D eigenvalue weighted by Crippen LogP contribution is -2.30. The lowest BCUT2D eigenvalue weighted by atomic mass is 10.1. The van der Waals surface area contributed by atoms with Crippen LogP contribution in [0.25, 0.3) is 0 Å². The lowest BCUT2D eigenvalue weighted by Gasteiger charge is -2.15. The van der Waals surface area contributed by atoms with Crippen molar-refractivity contribution >= 4 is 0 Å². The van der Waals surface area contributed by atoms with Gasteiger partial charge in [-0.3, -0.25) is 10.5 Å². The fourth-order valence-corrected chi connectivity index (χ4v) is 1.76. The zero-order valence-electron chi connectivity index (χ0n) is 9.26. The van der Waals surface area contributed by atoms with E-state index in [0.717, 1.165) is 24.4 Å². The molecule has 16 heavy (non-hydrogen) atoms. The molecule has 2 aromatic rings. The van der Waals surface area contributed by atoms with Gasteiger partial charge < -0.3 is 4.42 Å². The Bertz CT molecular complexity index is 421. The summed E-state index contributed by atoms with van der Waals surface area (Å²) in [7, 11) is 0. The van der Waals surface area contributed by atoms with Crippen LogP contribution in [0.4, 0.5) is 0 Å². The molecule has 0 spiro atoms.